The van der Waals surface area contributed by atoms with Gasteiger partial charge in [0.15, 0.2) is 6.61 Å². The molecule has 1 amide bonds. The zero-order valence-corrected chi connectivity index (χ0v) is 16.3. The lowest BCUT2D eigenvalue weighted by Crippen LogP contribution is -2.31. The average molecular weight is 400 g/mol. The highest BCUT2D eigenvalue weighted by Crippen LogP contribution is 2.21. The lowest BCUT2D eigenvalue weighted by molar-refractivity contribution is -0.125. The van der Waals surface area contributed by atoms with Crippen molar-refractivity contribution in [3.63, 3.8) is 0 Å². The van der Waals surface area contributed by atoms with Crippen molar-refractivity contribution in [2.75, 3.05) is 6.61 Å². The van der Waals surface area contributed by atoms with E-state index in [2.05, 4.69) is 10.3 Å². The van der Waals surface area contributed by atoms with Crippen LogP contribution < -0.4 is 10.1 Å². The molecule has 8 heteroatoms. The van der Waals surface area contributed by atoms with Crippen molar-refractivity contribution in [2.24, 2.45) is 0 Å². The van der Waals surface area contributed by atoms with Crippen molar-refractivity contribution in [3.8, 4) is 5.75 Å². The molecule has 3 rings (SSSR count). The molecule has 0 saturated carbocycles. The Morgan fingerprint density at radius 3 is 2.79 bits per heavy atom. The molecule has 1 atom stereocenters. The van der Waals surface area contributed by atoms with Crippen LogP contribution in [0.1, 0.15) is 39.8 Å². The maximum atomic E-state index is 12.4. The lowest BCUT2D eigenvalue weighted by Gasteiger charge is -2.13. The molecule has 0 aliphatic heterocycles. The second-order valence-electron chi connectivity index (χ2n) is 6.02. The number of nitrogens with one attached hydrogen (secondary N) is 1. The molecule has 28 heavy (non-hydrogen) atoms. The first-order valence-corrected chi connectivity index (χ1v) is 9.53. The van der Waals surface area contributed by atoms with Gasteiger partial charge in [-0.15, -0.1) is 11.3 Å². The van der Waals surface area contributed by atoms with E-state index < -0.39 is 18.5 Å². The van der Waals surface area contributed by atoms with E-state index in [1.807, 2.05) is 12.3 Å². The molecule has 0 saturated heterocycles. The summed E-state index contributed by atoms with van der Waals surface area (Å²) in [5, 5.41) is 5.55. The van der Waals surface area contributed by atoms with Crippen molar-refractivity contribution in [1.82, 2.24) is 10.3 Å². The Bertz CT molecular complexity index is 936. The van der Waals surface area contributed by atoms with Crippen LogP contribution in [0.15, 0.2) is 52.5 Å². The molecule has 0 aliphatic carbocycles. The molecule has 0 aliphatic rings. The number of carbonyl (C=O) groups is 2. The first-order chi connectivity index (χ1) is 13.5. The van der Waals surface area contributed by atoms with Gasteiger partial charge in [-0.25, -0.2) is 9.78 Å². The summed E-state index contributed by atoms with van der Waals surface area (Å²) in [5.74, 6) is -0.0577. The van der Waals surface area contributed by atoms with Gasteiger partial charge in [-0.3, -0.25) is 4.79 Å². The van der Waals surface area contributed by atoms with Gasteiger partial charge >= 0.3 is 5.97 Å². The Morgan fingerprint density at radius 2 is 2.07 bits per heavy atom. The van der Waals surface area contributed by atoms with Crippen LogP contribution in [0.2, 0.25) is 0 Å². The molecule has 0 unspecified atom stereocenters. The first kappa shape index (κ1) is 19.6. The van der Waals surface area contributed by atoms with Crippen LogP contribution >= 0.6 is 11.3 Å². The van der Waals surface area contributed by atoms with Gasteiger partial charge in [-0.1, -0.05) is 12.1 Å². The smallest absolute Gasteiger partial charge is 0.342 e. The number of esters is 1. The maximum absolute atomic E-state index is 12.4. The SMILES string of the molecule is Cc1nc(COc2ccccc2C(=O)OCC(=O)N[C@@H](C)c2ccco2)cs1. The number of carbonyl (C=O) groups excluding carboxylic acids is 2. The van der Waals surface area contributed by atoms with Crippen molar-refractivity contribution in [2.45, 2.75) is 26.5 Å². The largest absolute Gasteiger partial charge is 0.486 e. The van der Waals surface area contributed by atoms with Crippen LogP contribution in [0.4, 0.5) is 0 Å². The molecule has 1 N–H and O–H groups in total. The lowest BCUT2D eigenvalue weighted by atomic mass is 10.2. The number of ether oxygens (including phenoxy) is 2. The van der Waals surface area contributed by atoms with Gasteiger partial charge in [-0.05, 0) is 38.1 Å². The maximum Gasteiger partial charge on any atom is 0.342 e. The number of thiazole rings is 1. The second kappa shape index (κ2) is 9.18. The van der Waals surface area contributed by atoms with Gasteiger partial charge < -0.3 is 19.2 Å². The van der Waals surface area contributed by atoms with E-state index in [1.165, 1.54) is 17.6 Å². The molecule has 146 valence electrons. The molecule has 7 nitrogen and oxygen atoms in total. The van der Waals surface area contributed by atoms with Crippen LogP contribution in [0.25, 0.3) is 0 Å². The van der Waals surface area contributed by atoms with E-state index in [1.54, 1.807) is 43.3 Å². The van der Waals surface area contributed by atoms with Crippen LogP contribution in [0.3, 0.4) is 0 Å². The Hall–Kier alpha value is -3.13. The predicted molar refractivity (Wildman–Crippen MR) is 103 cm³/mol. The summed E-state index contributed by atoms with van der Waals surface area (Å²) in [4.78, 5) is 28.7. The van der Waals surface area contributed by atoms with Crippen LogP contribution in [-0.4, -0.2) is 23.5 Å². The molecule has 3 aromatic rings. The van der Waals surface area contributed by atoms with Crippen LogP contribution in [-0.2, 0) is 16.1 Å². The summed E-state index contributed by atoms with van der Waals surface area (Å²) < 4.78 is 16.1. The number of benzene rings is 1. The van der Waals surface area contributed by atoms with Gasteiger partial charge in [0.25, 0.3) is 5.91 Å². The Morgan fingerprint density at radius 1 is 1.25 bits per heavy atom. The highest BCUT2D eigenvalue weighted by molar-refractivity contribution is 7.09. The van der Waals surface area contributed by atoms with E-state index >= 15 is 0 Å². The molecule has 1 aromatic carbocycles. The monoisotopic (exact) mass is 400 g/mol. The van der Waals surface area contributed by atoms with E-state index in [4.69, 9.17) is 13.9 Å². The quantitative estimate of drug-likeness (QED) is 0.581. The molecular formula is C20H20N2O5S. The number of hydrogen-bond acceptors (Lipinski definition) is 7. The van der Waals surface area contributed by atoms with E-state index in [9.17, 15) is 9.59 Å². The highest BCUT2D eigenvalue weighted by atomic mass is 32.1. The van der Waals surface area contributed by atoms with Crippen LogP contribution in [0, 0.1) is 6.92 Å². The summed E-state index contributed by atoms with van der Waals surface area (Å²) in [7, 11) is 0. The summed E-state index contributed by atoms with van der Waals surface area (Å²) in [5.41, 5.74) is 1.04. The minimum absolute atomic E-state index is 0.246. The third-order valence-corrected chi connectivity index (χ3v) is 4.65. The van der Waals surface area contributed by atoms with E-state index in [0.717, 1.165) is 10.7 Å². The van der Waals surface area contributed by atoms with E-state index in [0.29, 0.717) is 11.5 Å². The zero-order chi connectivity index (χ0) is 19.9. The minimum Gasteiger partial charge on any atom is -0.486 e. The Kier molecular flexibility index (Phi) is 6.44. The summed E-state index contributed by atoms with van der Waals surface area (Å²) in [6, 6.07) is 9.91. The molecule has 0 bridgehead atoms. The van der Waals surface area contributed by atoms with Gasteiger partial charge in [0.2, 0.25) is 0 Å². The molecule has 0 spiro atoms. The number of nitrogens with zero attached hydrogens (tertiary/aromatic N) is 1. The van der Waals surface area contributed by atoms with Crippen molar-refractivity contribution >= 4 is 23.2 Å². The minimum atomic E-state index is -0.633. The van der Waals surface area contributed by atoms with Crippen molar-refractivity contribution < 1.29 is 23.5 Å². The van der Waals surface area contributed by atoms with Crippen LogP contribution in [0.5, 0.6) is 5.75 Å². The highest BCUT2D eigenvalue weighted by Gasteiger charge is 2.17. The number of hydrogen-bond donors (Lipinski definition) is 1. The van der Waals surface area contributed by atoms with E-state index in [-0.39, 0.29) is 18.2 Å². The molecular weight excluding hydrogens is 380 g/mol. The summed E-state index contributed by atoms with van der Waals surface area (Å²) in [6.45, 7) is 3.54. The summed E-state index contributed by atoms with van der Waals surface area (Å²) in [6.07, 6.45) is 1.53. The fourth-order valence-corrected chi connectivity index (χ4v) is 3.09. The molecule has 2 aromatic heterocycles. The number of para-hydroxylation sites is 1. The summed E-state index contributed by atoms with van der Waals surface area (Å²) >= 11 is 1.53. The number of aryl methyl sites for hydroxylation is 1. The van der Waals surface area contributed by atoms with Crippen molar-refractivity contribution in [1.29, 1.82) is 0 Å². The number of rotatable bonds is 8. The average Bonchev–Trinajstić information content (AvgIpc) is 3.36. The third-order valence-electron chi connectivity index (χ3n) is 3.83. The fourth-order valence-electron chi connectivity index (χ4n) is 2.49. The third kappa shape index (κ3) is 5.20. The first-order valence-electron chi connectivity index (χ1n) is 8.65. The topological polar surface area (TPSA) is 90.7 Å². The zero-order valence-electron chi connectivity index (χ0n) is 15.5. The number of amides is 1. The van der Waals surface area contributed by atoms with Gasteiger partial charge in [0.1, 0.15) is 23.7 Å². The number of furan rings is 1. The van der Waals surface area contributed by atoms with Gasteiger partial charge in [-0.2, -0.15) is 0 Å². The van der Waals surface area contributed by atoms with Crippen molar-refractivity contribution in [3.05, 3.63) is 70.1 Å². The van der Waals surface area contributed by atoms with Gasteiger partial charge in [0, 0.05) is 5.38 Å². The standard InChI is InChI=1S/C20H20N2O5S/c1-13(17-8-5-9-25-17)21-19(23)11-27-20(24)16-6-3-4-7-18(16)26-10-15-12-28-14(2)22-15/h3-9,12-13H,10-11H2,1-2H3,(H,21,23)/t13-/m0/s1. The van der Waals surface area contributed by atoms with Gasteiger partial charge in [0.05, 0.1) is 23.0 Å². The normalized spacial score (nSPS) is 11.6. The number of aromatic nitrogens is 1. The fraction of sp³-hybridized carbons (Fsp3) is 0.250. The Balaban J connectivity index is 1.54. The molecule has 2 heterocycles. The Labute approximate surface area is 166 Å². The second-order valence-corrected chi connectivity index (χ2v) is 7.09. The predicted octanol–water partition coefficient (Wildman–Crippen LogP) is 3.66. The molecule has 0 radical (unpaired) electrons. The molecule has 0 fully saturated rings.